The first-order valence-corrected chi connectivity index (χ1v) is 4.76. The lowest BCUT2D eigenvalue weighted by molar-refractivity contribution is -0.124. The van der Waals surface area contributed by atoms with Crippen LogP contribution in [0.3, 0.4) is 0 Å². The summed E-state index contributed by atoms with van der Waals surface area (Å²) < 4.78 is 0. The van der Waals surface area contributed by atoms with Crippen molar-refractivity contribution in [3.8, 4) is 0 Å². The van der Waals surface area contributed by atoms with Crippen LogP contribution in [0.15, 0.2) is 12.5 Å². The quantitative estimate of drug-likeness (QED) is 0.590. The van der Waals surface area contributed by atoms with Crippen molar-refractivity contribution in [2.75, 3.05) is 6.54 Å². The van der Waals surface area contributed by atoms with Gasteiger partial charge in [-0.1, -0.05) is 0 Å². The normalized spacial score (nSPS) is 27.4. The van der Waals surface area contributed by atoms with Gasteiger partial charge >= 0.3 is 0 Å². The number of imidazole rings is 1. The molecule has 0 radical (unpaired) electrons. The van der Waals surface area contributed by atoms with E-state index in [2.05, 4.69) is 27.5 Å². The van der Waals surface area contributed by atoms with Crippen molar-refractivity contribution < 1.29 is 4.79 Å². The standard InChI is InChI=1S/C9H14N4O/c1-6-3-11-9(14)8(13-6)2-7-4-10-5-12-7/h4-6,8,13H,2-3H2,1H3,(H,10,12)(H,11,14)/t6?,8-/m1/s1. The minimum atomic E-state index is -0.140. The Morgan fingerprint density at radius 3 is 3.21 bits per heavy atom. The number of rotatable bonds is 2. The zero-order valence-corrected chi connectivity index (χ0v) is 8.08. The zero-order chi connectivity index (χ0) is 9.97. The molecular formula is C9H14N4O. The largest absolute Gasteiger partial charge is 0.353 e. The summed E-state index contributed by atoms with van der Waals surface area (Å²) >= 11 is 0. The molecule has 1 aliphatic heterocycles. The summed E-state index contributed by atoms with van der Waals surface area (Å²) in [6.45, 7) is 2.76. The van der Waals surface area contributed by atoms with Gasteiger partial charge < -0.3 is 15.6 Å². The van der Waals surface area contributed by atoms with Crippen molar-refractivity contribution in [3.63, 3.8) is 0 Å². The Balaban J connectivity index is 1.99. The number of hydrogen-bond donors (Lipinski definition) is 3. The molecule has 2 atom stereocenters. The van der Waals surface area contributed by atoms with Crippen LogP contribution >= 0.6 is 0 Å². The van der Waals surface area contributed by atoms with Crippen LogP contribution in [-0.4, -0.2) is 34.5 Å². The maximum atomic E-state index is 11.5. The van der Waals surface area contributed by atoms with E-state index in [1.807, 2.05) is 0 Å². The lowest BCUT2D eigenvalue weighted by atomic mass is 10.1. The lowest BCUT2D eigenvalue weighted by Gasteiger charge is -2.28. The highest BCUT2D eigenvalue weighted by molar-refractivity contribution is 5.82. The van der Waals surface area contributed by atoms with Crippen LogP contribution in [0.5, 0.6) is 0 Å². The van der Waals surface area contributed by atoms with Gasteiger partial charge in [0.15, 0.2) is 0 Å². The maximum Gasteiger partial charge on any atom is 0.237 e. The van der Waals surface area contributed by atoms with Crippen LogP contribution in [0.1, 0.15) is 12.6 Å². The van der Waals surface area contributed by atoms with E-state index in [1.165, 1.54) is 0 Å². The average molecular weight is 194 g/mol. The second-order valence-electron chi connectivity index (χ2n) is 3.65. The Kier molecular flexibility index (Phi) is 2.49. The molecule has 1 aliphatic rings. The molecule has 0 saturated carbocycles. The van der Waals surface area contributed by atoms with Gasteiger partial charge in [0.05, 0.1) is 12.4 Å². The Labute approximate surface area is 82.3 Å². The van der Waals surface area contributed by atoms with Gasteiger partial charge in [-0.25, -0.2) is 4.98 Å². The third-order valence-electron chi connectivity index (χ3n) is 2.36. The predicted octanol–water partition coefficient (Wildman–Crippen LogP) is -0.571. The Morgan fingerprint density at radius 2 is 2.50 bits per heavy atom. The first kappa shape index (κ1) is 9.21. The maximum absolute atomic E-state index is 11.5. The molecule has 1 aromatic heterocycles. The third-order valence-corrected chi connectivity index (χ3v) is 2.36. The summed E-state index contributed by atoms with van der Waals surface area (Å²) in [7, 11) is 0. The highest BCUT2D eigenvalue weighted by Crippen LogP contribution is 2.02. The van der Waals surface area contributed by atoms with Gasteiger partial charge in [0.1, 0.15) is 0 Å². The highest BCUT2D eigenvalue weighted by atomic mass is 16.2. The summed E-state index contributed by atoms with van der Waals surface area (Å²) in [5.41, 5.74) is 0.978. The molecule has 1 fully saturated rings. The number of aromatic nitrogens is 2. The van der Waals surface area contributed by atoms with Crippen molar-refractivity contribution in [1.29, 1.82) is 0 Å². The van der Waals surface area contributed by atoms with Crippen LogP contribution in [0.25, 0.3) is 0 Å². The van der Waals surface area contributed by atoms with E-state index in [9.17, 15) is 4.79 Å². The van der Waals surface area contributed by atoms with E-state index in [1.54, 1.807) is 12.5 Å². The smallest absolute Gasteiger partial charge is 0.237 e. The van der Waals surface area contributed by atoms with Crippen molar-refractivity contribution in [3.05, 3.63) is 18.2 Å². The molecule has 1 unspecified atom stereocenters. The molecule has 0 spiro atoms. The van der Waals surface area contributed by atoms with Crippen LogP contribution in [0.2, 0.25) is 0 Å². The first-order valence-electron chi connectivity index (χ1n) is 4.76. The molecule has 76 valence electrons. The van der Waals surface area contributed by atoms with Gasteiger partial charge in [0.25, 0.3) is 0 Å². The van der Waals surface area contributed by atoms with Crippen molar-refractivity contribution >= 4 is 5.91 Å². The SMILES string of the molecule is CC1CNC(=O)[C@@H](Cc2cnc[nH]2)N1. The van der Waals surface area contributed by atoms with Crippen molar-refractivity contribution in [2.45, 2.75) is 25.4 Å². The fourth-order valence-electron chi connectivity index (χ4n) is 1.62. The second-order valence-corrected chi connectivity index (χ2v) is 3.65. The first-order chi connectivity index (χ1) is 6.75. The van der Waals surface area contributed by atoms with Crippen molar-refractivity contribution in [1.82, 2.24) is 20.6 Å². The molecular weight excluding hydrogens is 180 g/mol. The Morgan fingerprint density at radius 1 is 1.64 bits per heavy atom. The average Bonchev–Trinajstić information content (AvgIpc) is 2.64. The summed E-state index contributed by atoms with van der Waals surface area (Å²) in [4.78, 5) is 18.4. The monoisotopic (exact) mass is 194 g/mol. The van der Waals surface area contributed by atoms with Crippen LogP contribution in [0, 0.1) is 0 Å². The molecule has 2 rings (SSSR count). The Bertz CT molecular complexity index is 309. The number of H-pyrrole nitrogens is 1. The van der Waals surface area contributed by atoms with E-state index in [4.69, 9.17) is 0 Å². The fraction of sp³-hybridized carbons (Fsp3) is 0.556. The molecule has 1 aromatic rings. The number of amides is 1. The van der Waals surface area contributed by atoms with E-state index >= 15 is 0 Å². The summed E-state index contributed by atoms with van der Waals surface area (Å²) in [5.74, 6) is 0.0673. The molecule has 0 aliphatic carbocycles. The molecule has 5 heteroatoms. The number of piperazine rings is 1. The topological polar surface area (TPSA) is 69.8 Å². The fourth-order valence-corrected chi connectivity index (χ4v) is 1.62. The summed E-state index contributed by atoms with van der Waals surface area (Å²) in [5, 5.41) is 6.10. The third kappa shape index (κ3) is 1.93. The Hall–Kier alpha value is -1.36. The van der Waals surface area contributed by atoms with Crippen LogP contribution in [0.4, 0.5) is 0 Å². The molecule has 1 amide bonds. The van der Waals surface area contributed by atoms with Gasteiger partial charge in [0.2, 0.25) is 5.91 Å². The number of carbonyl (C=O) groups excluding carboxylic acids is 1. The zero-order valence-electron chi connectivity index (χ0n) is 8.08. The lowest BCUT2D eigenvalue weighted by Crippen LogP contribution is -2.58. The van der Waals surface area contributed by atoms with Crippen LogP contribution in [-0.2, 0) is 11.2 Å². The minimum absolute atomic E-state index is 0.0673. The summed E-state index contributed by atoms with van der Waals surface area (Å²) in [6, 6.07) is 0.194. The molecule has 14 heavy (non-hydrogen) atoms. The van der Waals surface area contributed by atoms with Gasteiger partial charge in [-0.15, -0.1) is 0 Å². The van der Waals surface area contributed by atoms with E-state index < -0.39 is 0 Å². The number of nitrogens with one attached hydrogen (secondary N) is 3. The molecule has 5 nitrogen and oxygen atoms in total. The van der Waals surface area contributed by atoms with Gasteiger partial charge in [-0.05, 0) is 6.92 Å². The molecule has 0 aromatic carbocycles. The van der Waals surface area contributed by atoms with E-state index in [-0.39, 0.29) is 11.9 Å². The van der Waals surface area contributed by atoms with Crippen LogP contribution < -0.4 is 10.6 Å². The molecule has 2 heterocycles. The number of nitrogens with zero attached hydrogens (tertiary/aromatic N) is 1. The number of aromatic amines is 1. The highest BCUT2D eigenvalue weighted by Gasteiger charge is 2.25. The van der Waals surface area contributed by atoms with Crippen molar-refractivity contribution in [2.24, 2.45) is 0 Å². The number of carbonyl (C=O) groups is 1. The minimum Gasteiger partial charge on any atom is -0.353 e. The van der Waals surface area contributed by atoms with Gasteiger partial charge in [-0.3, -0.25) is 4.79 Å². The van der Waals surface area contributed by atoms with E-state index in [0.29, 0.717) is 19.0 Å². The molecule has 1 saturated heterocycles. The van der Waals surface area contributed by atoms with Gasteiger partial charge in [0, 0.05) is 30.9 Å². The van der Waals surface area contributed by atoms with E-state index in [0.717, 1.165) is 5.69 Å². The molecule has 0 bridgehead atoms. The predicted molar refractivity (Wildman–Crippen MR) is 51.7 cm³/mol. The molecule has 3 N–H and O–H groups in total. The number of hydrogen-bond acceptors (Lipinski definition) is 3. The van der Waals surface area contributed by atoms with Gasteiger partial charge in [-0.2, -0.15) is 0 Å². The summed E-state index contributed by atoms with van der Waals surface area (Å²) in [6.07, 6.45) is 4.03. The second kappa shape index (κ2) is 3.79.